The number of para-hydroxylation sites is 2. The molecule has 17 rings (SSSR count). The number of hydrogen-bond donors (Lipinski definition) is 0. The number of nitrogens with zero attached hydrogens (tertiary/aromatic N) is 4. The quantitative estimate of drug-likeness (QED) is 0.107. The molecule has 2 aliphatic heterocycles. The fourth-order valence-corrected chi connectivity index (χ4v) is 16.8. The SMILES string of the molecule is [2H]c1c([2H])c([2H])c2c(c1[2H])c1cc(CC(C)(C)C)ccc1n2-c1ccc2c(c1)N(c1cc(-c3ccccc3)c(C([2H])([2H])C(C)(C)C)cc1-c1ccccc1)c1cc(C([2H])([2H])C(C)(C)C)cc3c1B2c1ccc(-n2c4ccc(CC(C)(C)C)cc4c4c([2H])c([2H])c([2H])c([2H])c42)cc1N3c1cc(-c2ccccc2)c(C([2H])([2H])C(C)(C)C)cc1-c1ccccc1. The molecule has 108 heavy (non-hydrogen) atoms. The van der Waals surface area contributed by atoms with Crippen molar-refractivity contribution in [1.82, 2.24) is 9.13 Å². The largest absolute Gasteiger partial charge is 0.311 e. The molecule has 0 spiro atoms. The molecule has 0 amide bonds. The van der Waals surface area contributed by atoms with Crippen LogP contribution in [0.4, 0.5) is 34.1 Å². The lowest BCUT2D eigenvalue weighted by Gasteiger charge is -2.46. The van der Waals surface area contributed by atoms with Gasteiger partial charge in [-0.05, 0) is 234 Å². The number of aromatic nitrogens is 2. The predicted molar refractivity (Wildman–Crippen MR) is 467 cm³/mol. The van der Waals surface area contributed by atoms with Crippen LogP contribution >= 0.6 is 0 Å². The van der Waals surface area contributed by atoms with E-state index < -0.39 is 42.1 Å². The summed E-state index contributed by atoms with van der Waals surface area (Å²) in [6, 6.07) is 74.6. The summed E-state index contributed by atoms with van der Waals surface area (Å²) in [6.07, 6.45) is -4.73. The van der Waals surface area contributed by atoms with Gasteiger partial charge in [-0.25, -0.2) is 0 Å². The first-order valence-corrected chi connectivity index (χ1v) is 38.0. The Hall–Kier alpha value is -10.9. The van der Waals surface area contributed by atoms with Gasteiger partial charge in [0.25, 0.3) is 6.71 Å². The summed E-state index contributed by atoms with van der Waals surface area (Å²) >= 11 is 0. The average Bonchev–Trinajstić information content (AvgIpc) is 0.715. The van der Waals surface area contributed by atoms with Gasteiger partial charge in [0.1, 0.15) is 0 Å². The highest BCUT2D eigenvalue weighted by Gasteiger charge is 2.46. The summed E-state index contributed by atoms with van der Waals surface area (Å²) in [6.45, 7) is 29.5. The van der Waals surface area contributed by atoms with Crippen molar-refractivity contribution in [2.24, 2.45) is 27.1 Å². The molecule has 0 aliphatic carbocycles. The fourth-order valence-electron chi connectivity index (χ4n) is 16.8. The minimum Gasteiger partial charge on any atom is -0.311 e. The number of anilines is 6. The molecule has 5 heteroatoms. The van der Waals surface area contributed by atoms with Crippen molar-refractivity contribution in [3.8, 4) is 55.9 Å². The highest BCUT2D eigenvalue weighted by Crippen LogP contribution is 2.53. The second-order valence-electron chi connectivity index (χ2n) is 35.2. The Morgan fingerprint density at radius 2 is 0.657 bits per heavy atom. The van der Waals surface area contributed by atoms with Gasteiger partial charge in [-0.2, -0.15) is 0 Å². The maximum absolute atomic E-state index is 10.9. The third-order valence-corrected chi connectivity index (χ3v) is 20.6. The second-order valence-corrected chi connectivity index (χ2v) is 35.2. The van der Waals surface area contributed by atoms with Crippen LogP contribution in [0.2, 0.25) is 0 Å². The van der Waals surface area contributed by atoms with E-state index in [1.54, 1.807) is 0 Å². The second kappa shape index (κ2) is 26.5. The molecule has 0 atom stereocenters. The third kappa shape index (κ3) is 13.3. The van der Waals surface area contributed by atoms with Crippen molar-refractivity contribution in [3.05, 3.63) is 307 Å². The summed E-state index contributed by atoms with van der Waals surface area (Å²) in [4.78, 5) is 4.47. The van der Waals surface area contributed by atoms with E-state index in [4.69, 9.17) is 0 Å². The molecule has 0 fully saturated rings. The van der Waals surface area contributed by atoms with Crippen molar-refractivity contribution < 1.29 is 19.2 Å². The normalized spacial score (nSPS) is 15.5. The zero-order chi connectivity index (χ0) is 87.3. The standard InChI is InChI=1S/C103H101BN4/c1-99(2,3)62-67-44-50-90-84(52-67)78-40-28-30-42-88(78)105(90)76-46-48-86-94(58-76)107(92-60-80(70-32-20-16-21-33-70)74(65-102(10,11)12)56-82(92)72-36-24-18-25-37-72)96-54-69(64-101(7,8)9)55-97-98(96)104(86)87-49-47-77(106-89-43-31-29-41-79(89)85-53-68(45-51-91(85)106)63-100(4,5)6)59-95(87)108(97)93-61-81(71-34-22-17-23-35-71)75(66-103(13,14)15)57-83(93)73-38-26-19-27-39-73/h16-61H,62-66H2,1-15H3/i28D,29D,30D,31D,40D,41D,42D,43D,64D2,65D2,66D2. The average molecular weight is 1420 g/mol. The molecule has 13 aromatic carbocycles. The van der Waals surface area contributed by atoms with E-state index in [-0.39, 0.29) is 70.2 Å². The molecule has 2 aromatic heterocycles. The van der Waals surface area contributed by atoms with Gasteiger partial charge in [-0.1, -0.05) is 286 Å². The zero-order valence-electron chi connectivity index (χ0n) is 78.7. The molecule has 0 bridgehead atoms. The van der Waals surface area contributed by atoms with Gasteiger partial charge in [0.05, 0.1) is 44.4 Å². The Bertz CT molecular complexity index is 6410. The van der Waals surface area contributed by atoms with Crippen molar-refractivity contribution in [3.63, 3.8) is 0 Å². The Labute approximate surface area is 661 Å². The molecule has 536 valence electrons. The summed E-state index contributed by atoms with van der Waals surface area (Å²) < 4.78 is 145. The summed E-state index contributed by atoms with van der Waals surface area (Å²) in [5, 5.41) is 2.06. The monoisotopic (exact) mass is 1420 g/mol. The van der Waals surface area contributed by atoms with Gasteiger partial charge in [-0.3, -0.25) is 0 Å². The van der Waals surface area contributed by atoms with Crippen LogP contribution < -0.4 is 26.2 Å². The van der Waals surface area contributed by atoms with Gasteiger partial charge >= 0.3 is 0 Å². The smallest absolute Gasteiger partial charge is 0.252 e. The molecular weight excluding hydrogens is 1300 g/mol. The number of fused-ring (bicyclic) bond motifs is 10. The van der Waals surface area contributed by atoms with Crippen LogP contribution in [-0.4, -0.2) is 15.8 Å². The van der Waals surface area contributed by atoms with E-state index >= 15 is 0 Å². The molecule has 2 aliphatic rings. The first kappa shape index (κ1) is 55.5. The maximum atomic E-state index is 10.9. The van der Waals surface area contributed by atoms with E-state index in [0.29, 0.717) is 130 Å². The Kier molecular flexibility index (Phi) is 13.6. The first-order chi connectivity index (χ1) is 57.3. The van der Waals surface area contributed by atoms with Crippen LogP contribution in [0, 0.1) is 27.1 Å². The molecule has 4 nitrogen and oxygen atoms in total. The van der Waals surface area contributed by atoms with Gasteiger partial charge < -0.3 is 18.9 Å². The van der Waals surface area contributed by atoms with E-state index in [1.807, 2.05) is 241 Å². The summed E-state index contributed by atoms with van der Waals surface area (Å²) in [7, 11) is 0. The van der Waals surface area contributed by atoms with Crippen LogP contribution in [-0.2, 0) is 32.0 Å². The molecular formula is C103H101BN4. The summed E-state index contributed by atoms with van der Waals surface area (Å²) in [5.41, 5.74) is 14.5. The lowest BCUT2D eigenvalue weighted by molar-refractivity contribution is 0.411. The molecule has 0 radical (unpaired) electrons. The molecule has 0 saturated heterocycles. The number of benzene rings is 13. The van der Waals surface area contributed by atoms with E-state index in [1.165, 1.54) is 0 Å². The fraction of sp³-hybridized carbons (Fsp3) is 0.243. The van der Waals surface area contributed by atoms with Gasteiger partial charge in [0.15, 0.2) is 0 Å². The number of hydrogen-bond acceptors (Lipinski definition) is 2. The van der Waals surface area contributed by atoms with E-state index in [9.17, 15) is 19.2 Å². The zero-order valence-corrected chi connectivity index (χ0v) is 64.7. The molecule has 4 heterocycles. The predicted octanol–water partition coefficient (Wildman–Crippen LogP) is 26.6. The minimum absolute atomic E-state index is 0.138. The van der Waals surface area contributed by atoms with E-state index in [0.717, 1.165) is 49.8 Å². The lowest BCUT2D eigenvalue weighted by Crippen LogP contribution is -2.61. The van der Waals surface area contributed by atoms with Crippen molar-refractivity contribution in [2.45, 2.75) is 136 Å². The van der Waals surface area contributed by atoms with Gasteiger partial charge in [0.2, 0.25) is 0 Å². The summed E-state index contributed by atoms with van der Waals surface area (Å²) in [5.74, 6) is 0. The maximum Gasteiger partial charge on any atom is 0.252 e. The van der Waals surface area contributed by atoms with Crippen molar-refractivity contribution in [1.29, 1.82) is 0 Å². The van der Waals surface area contributed by atoms with Crippen LogP contribution in [0.5, 0.6) is 0 Å². The van der Waals surface area contributed by atoms with Crippen LogP contribution in [0.15, 0.2) is 279 Å². The topological polar surface area (TPSA) is 16.3 Å². The Morgan fingerprint density at radius 3 is 1.02 bits per heavy atom. The van der Waals surface area contributed by atoms with Crippen molar-refractivity contribution in [2.75, 3.05) is 9.80 Å². The van der Waals surface area contributed by atoms with Gasteiger partial charge in [-0.15, -0.1) is 0 Å². The molecule has 15 aromatic rings. The van der Waals surface area contributed by atoms with Crippen LogP contribution in [0.3, 0.4) is 0 Å². The van der Waals surface area contributed by atoms with Gasteiger partial charge in [0, 0.05) is 75.0 Å². The minimum atomic E-state index is -2.15. The third-order valence-electron chi connectivity index (χ3n) is 20.6. The Morgan fingerprint density at radius 1 is 0.296 bits per heavy atom. The highest BCUT2D eigenvalue weighted by molar-refractivity contribution is 7.00. The van der Waals surface area contributed by atoms with Crippen LogP contribution in [0.1, 0.15) is 151 Å². The number of rotatable bonds is 13. The Balaban J connectivity index is 1.10. The molecule has 0 saturated carbocycles. The highest BCUT2D eigenvalue weighted by atomic mass is 15.2. The first-order valence-electron chi connectivity index (χ1n) is 45.0. The van der Waals surface area contributed by atoms with Crippen molar-refractivity contribution >= 4 is 101 Å². The van der Waals surface area contributed by atoms with Crippen LogP contribution in [0.25, 0.3) is 99.5 Å². The molecule has 0 N–H and O–H groups in total. The lowest BCUT2D eigenvalue weighted by atomic mass is 9.33. The molecule has 0 unspecified atom stereocenters. The van der Waals surface area contributed by atoms with E-state index in [2.05, 4.69) is 112 Å².